The molecule has 0 radical (unpaired) electrons. The molecule has 5 nitrogen and oxygen atoms in total. The van der Waals surface area contributed by atoms with Gasteiger partial charge in [-0.2, -0.15) is 0 Å². The van der Waals surface area contributed by atoms with Gasteiger partial charge in [-0.05, 0) is 63.1 Å². The highest BCUT2D eigenvalue weighted by molar-refractivity contribution is 7.89. The lowest BCUT2D eigenvalue weighted by Crippen LogP contribution is -2.29. The van der Waals surface area contributed by atoms with E-state index in [9.17, 15) is 8.42 Å². The van der Waals surface area contributed by atoms with Crippen molar-refractivity contribution in [3.63, 3.8) is 0 Å². The molecule has 1 unspecified atom stereocenters. The molecule has 0 aliphatic carbocycles. The molecule has 0 aliphatic rings. The fourth-order valence-electron chi connectivity index (χ4n) is 2.63. The average Bonchev–Trinajstić information content (AvgIpc) is 2.97. The minimum atomic E-state index is -3.62. The first kappa shape index (κ1) is 19.9. The van der Waals surface area contributed by atoms with Crippen molar-refractivity contribution in [3.05, 3.63) is 45.1 Å². The topological polar surface area (TPSA) is 64.6 Å². The lowest BCUT2D eigenvalue weighted by atomic mass is 10.1. The highest BCUT2D eigenvalue weighted by atomic mass is 32.2. The van der Waals surface area contributed by atoms with Gasteiger partial charge in [-0.3, -0.25) is 0 Å². The summed E-state index contributed by atoms with van der Waals surface area (Å²) in [5.41, 5.74) is 1.61. The maximum atomic E-state index is 12.7. The number of sulfonamides is 1. The van der Waals surface area contributed by atoms with Gasteiger partial charge in [0.1, 0.15) is 11.9 Å². The Balaban J connectivity index is 2.18. The molecule has 7 heteroatoms. The normalized spacial score (nSPS) is 13.0. The van der Waals surface area contributed by atoms with Crippen LogP contribution < -0.4 is 9.46 Å². The van der Waals surface area contributed by atoms with E-state index in [1.54, 1.807) is 30.6 Å². The predicted molar refractivity (Wildman–Crippen MR) is 101 cm³/mol. The molecule has 0 aliphatic heterocycles. The van der Waals surface area contributed by atoms with Gasteiger partial charge < -0.3 is 9.47 Å². The molecule has 138 valence electrons. The molecule has 0 amide bonds. The monoisotopic (exact) mass is 383 g/mol. The van der Waals surface area contributed by atoms with E-state index in [0.29, 0.717) is 6.61 Å². The Hall–Kier alpha value is -1.41. The third-order valence-corrected chi connectivity index (χ3v) is 6.35. The lowest BCUT2D eigenvalue weighted by Gasteiger charge is -2.16. The first-order valence-corrected chi connectivity index (χ1v) is 10.4. The van der Waals surface area contributed by atoms with Crippen LogP contribution in [0.4, 0.5) is 0 Å². The Morgan fingerprint density at radius 2 is 1.80 bits per heavy atom. The average molecular weight is 384 g/mol. The van der Waals surface area contributed by atoms with Gasteiger partial charge in [-0.25, -0.2) is 13.1 Å². The van der Waals surface area contributed by atoms with Crippen molar-refractivity contribution in [2.24, 2.45) is 0 Å². The van der Waals surface area contributed by atoms with Gasteiger partial charge in [0.25, 0.3) is 0 Å². The second-order valence-corrected chi connectivity index (χ2v) is 8.93. The Morgan fingerprint density at radius 1 is 1.16 bits per heavy atom. The van der Waals surface area contributed by atoms with Gasteiger partial charge in [-0.1, -0.05) is 0 Å². The zero-order valence-electron chi connectivity index (χ0n) is 15.3. The van der Waals surface area contributed by atoms with E-state index in [1.165, 1.54) is 0 Å². The van der Waals surface area contributed by atoms with Crippen LogP contribution in [0.15, 0.2) is 29.2 Å². The molecule has 1 aromatic heterocycles. The second kappa shape index (κ2) is 8.31. The molecule has 1 heterocycles. The molecule has 1 atom stereocenters. The van der Waals surface area contributed by atoms with Crippen LogP contribution in [-0.2, 0) is 14.8 Å². The fourth-order valence-corrected chi connectivity index (χ4v) is 4.79. The van der Waals surface area contributed by atoms with Crippen LogP contribution in [0.3, 0.4) is 0 Å². The summed E-state index contributed by atoms with van der Waals surface area (Å²) in [6.07, 6.45) is -0.307. The summed E-state index contributed by atoms with van der Waals surface area (Å²) >= 11 is 1.60. The first-order chi connectivity index (χ1) is 11.8. The van der Waals surface area contributed by atoms with Crippen molar-refractivity contribution in [1.29, 1.82) is 0 Å². The third kappa shape index (κ3) is 4.82. The Morgan fingerprint density at radius 3 is 2.28 bits per heavy atom. The number of methoxy groups -OCH3 is 1. The number of ether oxygens (including phenoxy) is 2. The highest BCUT2D eigenvalue weighted by Gasteiger charge is 2.20. The maximum Gasteiger partial charge on any atom is 0.240 e. The van der Waals surface area contributed by atoms with E-state index in [0.717, 1.165) is 26.6 Å². The van der Waals surface area contributed by atoms with Crippen molar-refractivity contribution in [3.8, 4) is 5.75 Å². The maximum absolute atomic E-state index is 12.7. The summed E-state index contributed by atoms with van der Waals surface area (Å²) in [6, 6.07) is 7.24. The SMILES string of the molecule is CCOc1c(C)cc(S(=O)(=O)NCC(OC)c2ccc(C)s2)cc1C. The van der Waals surface area contributed by atoms with Gasteiger partial charge in [0.05, 0.1) is 11.5 Å². The van der Waals surface area contributed by atoms with Crippen molar-refractivity contribution >= 4 is 21.4 Å². The molecule has 0 bridgehead atoms. The van der Waals surface area contributed by atoms with Crippen LogP contribution in [0.25, 0.3) is 0 Å². The molecular formula is C18H25NO4S2. The smallest absolute Gasteiger partial charge is 0.240 e. The van der Waals surface area contributed by atoms with E-state index < -0.39 is 10.0 Å². The van der Waals surface area contributed by atoms with Crippen LogP contribution in [0.5, 0.6) is 5.75 Å². The molecular weight excluding hydrogens is 358 g/mol. The minimum absolute atomic E-state index is 0.185. The second-order valence-electron chi connectivity index (χ2n) is 5.84. The Kier molecular flexibility index (Phi) is 6.62. The van der Waals surface area contributed by atoms with E-state index in [-0.39, 0.29) is 17.5 Å². The van der Waals surface area contributed by atoms with Gasteiger partial charge in [0, 0.05) is 23.4 Å². The standard InChI is InChI=1S/C18H25NO4S2/c1-6-23-18-12(2)9-15(10-13(18)3)25(20,21)19-11-16(22-5)17-8-7-14(4)24-17/h7-10,16,19H,6,11H2,1-5H3. The summed E-state index contributed by atoms with van der Waals surface area (Å²) in [7, 11) is -2.04. The van der Waals surface area contributed by atoms with Crippen LogP contribution in [0.2, 0.25) is 0 Å². The summed E-state index contributed by atoms with van der Waals surface area (Å²) in [5, 5.41) is 0. The van der Waals surface area contributed by atoms with Crippen LogP contribution in [0, 0.1) is 20.8 Å². The summed E-state index contributed by atoms with van der Waals surface area (Å²) in [5.74, 6) is 0.741. The Bertz CT molecular complexity index is 804. The number of nitrogens with one attached hydrogen (secondary N) is 1. The van der Waals surface area contributed by atoms with E-state index >= 15 is 0 Å². The molecule has 0 spiro atoms. The molecule has 2 aromatic rings. The number of thiophene rings is 1. The first-order valence-electron chi connectivity index (χ1n) is 8.11. The summed E-state index contributed by atoms with van der Waals surface area (Å²) < 4.78 is 39.0. The zero-order valence-corrected chi connectivity index (χ0v) is 16.9. The van der Waals surface area contributed by atoms with Crippen LogP contribution in [-0.4, -0.2) is 28.7 Å². The van der Waals surface area contributed by atoms with Crippen molar-refractivity contribution in [2.45, 2.75) is 38.7 Å². The molecule has 1 N–H and O–H groups in total. The minimum Gasteiger partial charge on any atom is -0.493 e. The third-order valence-electron chi connectivity index (χ3n) is 3.85. The van der Waals surface area contributed by atoms with Crippen molar-refractivity contribution in [1.82, 2.24) is 4.72 Å². The van der Waals surface area contributed by atoms with Gasteiger partial charge in [-0.15, -0.1) is 11.3 Å². The largest absolute Gasteiger partial charge is 0.493 e. The number of benzene rings is 1. The van der Waals surface area contributed by atoms with Gasteiger partial charge in [0.2, 0.25) is 10.0 Å². The Labute approximate surface area is 154 Å². The molecule has 0 saturated heterocycles. The van der Waals surface area contributed by atoms with Crippen LogP contribution in [0.1, 0.15) is 33.9 Å². The molecule has 0 fully saturated rings. The van der Waals surface area contributed by atoms with Crippen molar-refractivity contribution in [2.75, 3.05) is 20.3 Å². The highest BCUT2D eigenvalue weighted by Crippen LogP contribution is 2.28. The summed E-state index contributed by atoms with van der Waals surface area (Å²) in [4.78, 5) is 2.41. The molecule has 0 saturated carbocycles. The van der Waals surface area contributed by atoms with Crippen LogP contribution >= 0.6 is 11.3 Å². The number of hydrogen-bond donors (Lipinski definition) is 1. The zero-order chi connectivity index (χ0) is 18.6. The molecule has 2 rings (SSSR count). The van der Waals surface area contributed by atoms with Crippen molar-refractivity contribution < 1.29 is 17.9 Å². The number of aryl methyl sites for hydroxylation is 3. The lowest BCUT2D eigenvalue weighted by molar-refractivity contribution is 0.110. The molecule has 25 heavy (non-hydrogen) atoms. The number of hydrogen-bond acceptors (Lipinski definition) is 5. The molecule has 1 aromatic carbocycles. The van der Waals surface area contributed by atoms with E-state index in [4.69, 9.17) is 9.47 Å². The van der Waals surface area contributed by atoms with E-state index in [2.05, 4.69) is 4.72 Å². The summed E-state index contributed by atoms with van der Waals surface area (Å²) in [6.45, 7) is 8.34. The quantitative estimate of drug-likeness (QED) is 0.754. The fraction of sp³-hybridized carbons (Fsp3) is 0.444. The predicted octanol–water partition coefficient (Wildman–Crippen LogP) is 3.74. The van der Waals surface area contributed by atoms with Gasteiger partial charge >= 0.3 is 0 Å². The number of rotatable bonds is 8. The van der Waals surface area contributed by atoms with Gasteiger partial charge in [0.15, 0.2) is 0 Å². The van der Waals surface area contributed by atoms with E-state index in [1.807, 2.05) is 39.8 Å².